The van der Waals surface area contributed by atoms with E-state index in [1.807, 2.05) is 0 Å². The Labute approximate surface area is 188 Å². The molecule has 0 aromatic heterocycles. The van der Waals surface area contributed by atoms with Gasteiger partial charge in [-0.25, -0.2) is 9.18 Å². The molecule has 2 atom stereocenters. The topological polar surface area (TPSA) is 83.4 Å². The highest BCUT2D eigenvalue weighted by Crippen LogP contribution is 2.43. The summed E-state index contributed by atoms with van der Waals surface area (Å²) < 4.78 is 75.3. The van der Waals surface area contributed by atoms with Crippen LogP contribution in [-0.4, -0.2) is 58.3 Å². The first-order valence-electron chi connectivity index (χ1n) is 9.97. The molecule has 0 spiro atoms. The summed E-state index contributed by atoms with van der Waals surface area (Å²) in [4.78, 5) is 30.0. The van der Waals surface area contributed by atoms with E-state index >= 15 is 4.39 Å². The molecule has 2 rings (SSSR count). The minimum absolute atomic E-state index is 0.0610. The van der Waals surface area contributed by atoms with Crippen molar-refractivity contribution in [3.05, 3.63) is 46.4 Å². The number of hydrogen-bond donors (Lipinski definition) is 0. The number of carbonyl (C=O) groups is 2. The van der Waals surface area contributed by atoms with Gasteiger partial charge in [-0.05, 0) is 25.5 Å². The maximum absolute atomic E-state index is 15.2. The molecule has 0 bridgehead atoms. The standard InChI is InChI=1S/C22H25F4NO6/c1-12-16(20(28)32-10-8-30-3)18(14-6-5-7-15(19(14)23)22(24,25)26)17(13(2)27-12)21(29)33-11-9-31-4/h5-7,16,18H,8-11H2,1-4H3. The summed E-state index contributed by atoms with van der Waals surface area (Å²) >= 11 is 0. The minimum atomic E-state index is -4.98. The van der Waals surface area contributed by atoms with Gasteiger partial charge >= 0.3 is 18.1 Å². The Hall–Kier alpha value is -2.79. The maximum atomic E-state index is 15.2. The number of ether oxygens (including phenoxy) is 4. The highest BCUT2D eigenvalue weighted by molar-refractivity contribution is 6.07. The summed E-state index contributed by atoms with van der Waals surface area (Å²) in [5.74, 6) is -6.22. The van der Waals surface area contributed by atoms with Crippen molar-refractivity contribution in [1.29, 1.82) is 0 Å². The molecule has 0 amide bonds. The third kappa shape index (κ3) is 6.17. The lowest BCUT2D eigenvalue weighted by atomic mass is 9.75. The smallest absolute Gasteiger partial charge is 0.419 e. The third-order valence-corrected chi connectivity index (χ3v) is 5.02. The normalized spacial score (nSPS) is 18.7. The molecule has 1 aliphatic rings. The molecule has 1 aromatic carbocycles. The van der Waals surface area contributed by atoms with Crippen LogP contribution in [0.1, 0.15) is 30.9 Å². The van der Waals surface area contributed by atoms with Crippen molar-refractivity contribution < 1.29 is 46.1 Å². The molecule has 0 saturated heterocycles. The van der Waals surface area contributed by atoms with Crippen LogP contribution in [0.15, 0.2) is 34.5 Å². The van der Waals surface area contributed by atoms with Crippen LogP contribution in [0.5, 0.6) is 0 Å². The number of alkyl halides is 3. The second-order valence-corrected chi connectivity index (χ2v) is 7.20. The number of rotatable bonds is 9. The molecule has 0 fully saturated rings. The molecule has 1 aromatic rings. The van der Waals surface area contributed by atoms with E-state index in [1.54, 1.807) is 0 Å². The second-order valence-electron chi connectivity index (χ2n) is 7.20. The lowest BCUT2D eigenvalue weighted by Gasteiger charge is -2.32. The SMILES string of the molecule is COCCOC(=O)C1=C(C)N=C(C)C(C(=O)OCCOC)C1c1cccc(C(F)(F)F)c1F. The Balaban J connectivity index is 2.64. The van der Waals surface area contributed by atoms with Gasteiger partial charge in [0.05, 0.1) is 24.4 Å². The van der Waals surface area contributed by atoms with Gasteiger partial charge in [-0.1, -0.05) is 12.1 Å². The van der Waals surface area contributed by atoms with E-state index in [0.717, 1.165) is 12.1 Å². The summed E-state index contributed by atoms with van der Waals surface area (Å²) in [7, 11) is 2.78. The number of halogens is 4. The molecule has 33 heavy (non-hydrogen) atoms. The van der Waals surface area contributed by atoms with E-state index < -0.39 is 46.9 Å². The first-order valence-corrected chi connectivity index (χ1v) is 9.97. The number of methoxy groups -OCH3 is 2. The molecular weight excluding hydrogens is 450 g/mol. The lowest BCUT2D eigenvalue weighted by molar-refractivity contribution is -0.148. The second kappa shape index (κ2) is 11.4. The van der Waals surface area contributed by atoms with E-state index in [4.69, 9.17) is 18.9 Å². The summed E-state index contributed by atoms with van der Waals surface area (Å²) in [6.45, 7) is 2.71. The minimum Gasteiger partial charge on any atom is -0.463 e. The number of hydrogen-bond acceptors (Lipinski definition) is 7. The Kier molecular flexibility index (Phi) is 9.12. The van der Waals surface area contributed by atoms with Crippen molar-refractivity contribution in [2.45, 2.75) is 25.9 Å². The summed E-state index contributed by atoms with van der Waals surface area (Å²) in [5, 5.41) is 0. The highest BCUT2D eigenvalue weighted by atomic mass is 19.4. The monoisotopic (exact) mass is 475 g/mol. The Morgan fingerprint density at radius 1 is 1.00 bits per heavy atom. The molecule has 1 heterocycles. The summed E-state index contributed by atoms with van der Waals surface area (Å²) in [6.07, 6.45) is -4.98. The van der Waals surface area contributed by atoms with Crippen molar-refractivity contribution in [2.75, 3.05) is 40.6 Å². The Morgan fingerprint density at radius 2 is 1.61 bits per heavy atom. The van der Waals surface area contributed by atoms with Crippen molar-refractivity contribution in [3.8, 4) is 0 Å². The van der Waals surface area contributed by atoms with Crippen LogP contribution in [0.2, 0.25) is 0 Å². The summed E-state index contributed by atoms with van der Waals surface area (Å²) in [5.41, 5.74) is -1.99. The van der Waals surface area contributed by atoms with Gasteiger partial charge in [0.25, 0.3) is 0 Å². The van der Waals surface area contributed by atoms with Crippen LogP contribution < -0.4 is 0 Å². The zero-order valence-corrected chi connectivity index (χ0v) is 18.6. The van der Waals surface area contributed by atoms with Gasteiger partial charge in [0.2, 0.25) is 0 Å². The van der Waals surface area contributed by atoms with E-state index in [9.17, 15) is 22.8 Å². The predicted molar refractivity (Wildman–Crippen MR) is 109 cm³/mol. The van der Waals surface area contributed by atoms with Gasteiger partial charge < -0.3 is 18.9 Å². The fraction of sp³-hybridized carbons (Fsp3) is 0.500. The lowest BCUT2D eigenvalue weighted by Crippen LogP contribution is -2.37. The zero-order valence-electron chi connectivity index (χ0n) is 18.6. The largest absolute Gasteiger partial charge is 0.463 e. The molecule has 182 valence electrons. The van der Waals surface area contributed by atoms with Crippen molar-refractivity contribution in [1.82, 2.24) is 0 Å². The molecule has 0 radical (unpaired) electrons. The van der Waals surface area contributed by atoms with Gasteiger partial charge in [-0.3, -0.25) is 9.79 Å². The molecule has 0 N–H and O–H groups in total. The van der Waals surface area contributed by atoms with Gasteiger partial charge in [-0.15, -0.1) is 0 Å². The highest BCUT2D eigenvalue weighted by Gasteiger charge is 2.45. The Bertz CT molecular complexity index is 941. The Morgan fingerprint density at radius 3 is 2.18 bits per heavy atom. The van der Waals surface area contributed by atoms with Gasteiger partial charge in [0.15, 0.2) is 0 Å². The molecule has 11 heteroatoms. The fourth-order valence-electron chi connectivity index (χ4n) is 3.56. The number of allylic oxidation sites excluding steroid dienone is 1. The van der Waals surface area contributed by atoms with E-state index in [2.05, 4.69) is 4.99 Å². The van der Waals surface area contributed by atoms with Crippen LogP contribution in [0.4, 0.5) is 17.6 Å². The van der Waals surface area contributed by atoms with Crippen molar-refractivity contribution in [3.63, 3.8) is 0 Å². The summed E-state index contributed by atoms with van der Waals surface area (Å²) in [6, 6.07) is 2.69. The van der Waals surface area contributed by atoms with Gasteiger partial charge in [-0.2, -0.15) is 13.2 Å². The van der Waals surface area contributed by atoms with E-state index in [1.165, 1.54) is 28.1 Å². The van der Waals surface area contributed by atoms with Gasteiger partial charge in [0.1, 0.15) is 24.9 Å². The first-order chi connectivity index (χ1) is 15.5. The number of aliphatic imine (C=N–C) groups is 1. The van der Waals surface area contributed by atoms with Crippen LogP contribution in [0, 0.1) is 11.7 Å². The first kappa shape index (κ1) is 26.5. The molecule has 7 nitrogen and oxygen atoms in total. The molecule has 0 aliphatic carbocycles. The third-order valence-electron chi connectivity index (χ3n) is 5.02. The zero-order chi connectivity index (χ0) is 24.8. The van der Waals surface area contributed by atoms with Crippen LogP contribution in [0.25, 0.3) is 0 Å². The molecule has 1 aliphatic heterocycles. The van der Waals surface area contributed by atoms with Gasteiger partial charge in [0, 0.05) is 31.5 Å². The molecular formula is C22H25F4NO6. The molecule has 2 unspecified atom stereocenters. The van der Waals surface area contributed by atoms with Crippen LogP contribution >= 0.6 is 0 Å². The number of nitrogens with zero attached hydrogens (tertiary/aromatic N) is 1. The predicted octanol–water partition coefficient (Wildman–Crippen LogP) is 3.67. The van der Waals surface area contributed by atoms with Crippen molar-refractivity contribution >= 4 is 17.7 Å². The number of esters is 2. The fourth-order valence-corrected chi connectivity index (χ4v) is 3.56. The average molecular weight is 475 g/mol. The van der Waals surface area contributed by atoms with E-state index in [-0.39, 0.29) is 43.4 Å². The van der Waals surface area contributed by atoms with Crippen LogP contribution in [0.3, 0.4) is 0 Å². The maximum Gasteiger partial charge on any atom is 0.419 e. The van der Waals surface area contributed by atoms with Crippen molar-refractivity contribution in [2.24, 2.45) is 10.9 Å². The average Bonchev–Trinajstić information content (AvgIpc) is 2.72. The number of carbonyl (C=O) groups excluding carboxylic acids is 2. The number of benzene rings is 1. The molecule has 0 saturated carbocycles. The quantitative estimate of drug-likeness (QED) is 0.308. The van der Waals surface area contributed by atoms with E-state index in [0.29, 0.717) is 6.07 Å². The van der Waals surface area contributed by atoms with Crippen LogP contribution in [-0.2, 0) is 34.7 Å².